The van der Waals surface area contributed by atoms with Gasteiger partial charge in [0.25, 0.3) is 5.91 Å². The number of fused-ring (bicyclic) bond motifs is 1. The third kappa shape index (κ3) is 6.08. The average Bonchev–Trinajstić information content (AvgIpc) is 3.48. The molecule has 1 aliphatic heterocycles. The summed E-state index contributed by atoms with van der Waals surface area (Å²) in [6.07, 6.45) is 16.2. The van der Waals surface area contributed by atoms with Crippen LogP contribution in [0.2, 0.25) is 0 Å². The first-order valence-corrected chi connectivity index (χ1v) is 15.9. The van der Waals surface area contributed by atoms with E-state index in [1.165, 1.54) is 32.1 Å². The predicted molar refractivity (Wildman–Crippen MR) is 165 cm³/mol. The van der Waals surface area contributed by atoms with E-state index in [1.54, 1.807) is 18.3 Å². The number of hydrazone groups is 1. The molecule has 3 aromatic rings. The minimum absolute atomic E-state index is 0.0254. The number of nitrogens with zero attached hydrogens (tertiary/aromatic N) is 4. The molecule has 0 atom stereocenters. The highest BCUT2D eigenvalue weighted by Gasteiger charge is 2.28. The SMILES string of the molecule is CC(=O)C1=CC=CN(C2CCC(NC(=O)c3cc4c(C)nn(C5CCCCC5)c4s3)CC2)N=C1Cc1ccccc1. The van der Waals surface area contributed by atoms with Gasteiger partial charge in [-0.25, -0.2) is 0 Å². The van der Waals surface area contributed by atoms with Crippen molar-refractivity contribution >= 4 is 39.0 Å². The highest BCUT2D eigenvalue weighted by atomic mass is 32.1. The van der Waals surface area contributed by atoms with Crippen LogP contribution in [0.15, 0.2) is 65.4 Å². The van der Waals surface area contributed by atoms with E-state index in [1.807, 2.05) is 47.6 Å². The number of nitrogens with one attached hydrogen (secondary N) is 1. The topological polar surface area (TPSA) is 79.6 Å². The number of rotatable bonds is 7. The van der Waals surface area contributed by atoms with Crippen molar-refractivity contribution in [3.8, 4) is 0 Å². The molecule has 0 saturated heterocycles. The van der Waals surface area contributed by atoms with E-state index in [0.29, 0.717) is 18.0 Å². The van der Waals surface area contributed by atoms with Crippen LogP contribution in [0.25, 0.3) is 10.2 Å². The zero-order valence-corrected chi connectivity index (χ0v) is 24.8. The molecule has 2 saturated carbocycles. The lowest BCUT2D eigenvalue weighted by Crippen LogP contribution is -2.41. The van der Waals surface area contributed by atoms with Gasteiger partial charge >= 0.3 is 0 Å². The highest BCUT2D eigenvalue weighted by molar-refractivity contribution is 7.20. The average molecular weight is 570 g/mol. The second-order valence-corrected chi connectivity index (χ2v) is 12.7. The lowest BCUT2D eigenvalue weighted by molar-refractivity contribution is -0.113. The van der Waals surface area contributed by atoms with Crippen LogP contribution in [0.3, 0.4) is 0 Å². The van der Waals surface area contributed by atoms with E-state index in [9.17, 15) is 9.59 Å². The fourth-order valence-corrected chi connectivity index (χ4v) is 7.63. The summed E-state index contributed by atoms with van der Waals surface area (Å²) >= 11 is 1.58. The van der Waals surface area contributed by atoms with Gasteiger partial charge in [0.2, 0.25) is 0 Å². The van der Waals surface area contributed by atoms with Crippen molar-refractivity contribution in [1.82, 2.24) is 20.1 Å². The number of amides is 1. The van der Waals surface area contributed by atoms with Crippen molar-refractivity contribution in [3.05, 3.63) is 76.5 Å². The third-order valence-corrected chi connectivity index (χ3v) is 9.88. The molecule has 0 radical (unpaired) electrons. The lowest BCUT2D eigenvalue weighted by atomic mass is 9.91. The number of aryl methyl sites for hydroxylation is 1. The number of carbonyl (C=O) groups is 2. The standard InChI is InChI=1S/C33H39N5O2S/c1-22-29-21-31(41-33(29)38(35-22)27-12-7-4-8-13-27)32(40)34-25-15-17-26(18-16-25)37-19-9-14-28(23(2)39)30(36-37)20-24-10-5-3-6-11-24/h3,5-6,9-11,14,19,21,25-27H,4,7-8,12-13,15-18,20H2,1-2H3,(H,34,40). The van der Waals surface area contributed by atoms with Crippen molar-refractivity contribution in [1.29, 1.82) is 0 Å². The smallest absolute Gasteiger partial charge is 0.261 e. The van der Waals surface area contributed by atoms with Crippen molar-refractivity contribution in [2.24, 2.45) is 5.10 Å². The van der Waals surface area contributed by atoms with Gasteiger partial charge in [-0.3, -0.25) is 19.3 Å². The van der Waals surface area contributed by atoms with Crippen LogP contribution in [-0.4, -0.2) is 44.3 Å². The molecular weight excluding hydrogens is 530 g/mol. The highest BCUT2D eigenvalue weighted by Crippen LogP contribution is 2.36. The Morgan fingerprint density at radius 1 is 1.00 bits per heavy atom. The molecule has 3 heterocycles. The summed E-state index contributed by atoms with van der Waals surface area (Å²) in [5, 5.41) is 16.3. The number of benzene rings is 1. The Kier molecular flexibility index (Phi) is 8.19. The molecule has 1 aromatic carbocycles. The van der Waals surface area contributed by atoms with Gasteiger partial charge in [0.05, 0.1) is 28.4 Å². The number of ketones is 1. The summed E-state index contributed by atoms with van der Waals surface area (Å²) in [6.45, 7) is 3.66. The summed E-state index contributed by atoms with van der Waals surface area (Å²) in [6, 6.07) is 13.0. The van der Waals surface area contributed by atoms with Crippen molar-refractivity contribution in [2.75, 3.05) is 0 Å². The Morgan fingerprint density at radius 2 is 1.76 bits per heavy atom. The van der Waals surface area contributed by atoms with Gasteiger partial charge < -0.3 is 5.32 Å². The molecule has 1 amide bonds. The Hall–Kier alpha value is -3.52. The summed E-state index contributed by atoms with van der Waals surface area (Å²) < 4.78 is 2.20. The van der Waals surface area contributed by atoms with Gasteiger partial charge in [0.1, 0.15) is 4.83 Å². The van der Waals surface area contributed by atoms with Gasteiger partial charge in [-0.1, -0.05) is 49.6 Å². The molecule has 214 valence electrons. The third-order valence-electron chi connectivity index (χ3n) is 8.76. The molecule has 0 unspecified atom stereocenters. The molecule has 2 fully saturated rings. The fourth-order valence-electron chi connectivity index (χ4n) is 6.49. The van der Waals surface area contributed by atoms with E-state index in [-0.39, 0.29) is 23.8 Å². The van der Waals surface area contributed by atoms with E-state index < -0.39 is 0 Å². The maximum absolute atomic E-state index is 13.3. The molecule has 8 heteroatoms. The van der Waals surface area contributed by atoms with Gasteiger partial charge in [-0.15, -0.1) is 11.3 Å². The van der Waals surface area contributed by atoms with Crippen molar-refractivity contribution < 1.29 is 9.59 Å². The normalized spacial score (nSPS) is 21.9. The quantitative estimate of drug-likeness (QED) is 0.336. The molecule has 7 nitrogen and oxygen atoms in total. The number of carbonyl (C=O) groups excluding carboxylic acids is 2. The summed E-state index contributed by atoms with van der Waals surface area (Å²) in [5.41, 5.74) is 3.62. The van der Waals surface area contributed by atoms with Crippen LogP contribution in [0.5, 0.6) is 0 Å². The van der Waals surface area contributed by atoms with Crippen LogP contribution >= 0.6 is 11.3 Å². The Bertz CT molecular complexity index is 1500. The van der Waals surface area contributed by atoms with Crippen LogP contribution in [0.1, 0.15) is 91.7 Å². The molecule has 6 rings (SSSR count). The number of hydrogen-bond donors (Lipinski definition) is 1. The van der Waals surface area contributed by atoms with E-state index >= 15 is 0 Å². The van der Waals surface area contributed by atoms with Crippen molar-refractivity contribution in [3.63, 3.8) is 0 Å². The minimum atomic E-state index is 0.0254. The fraction of sp³-hybridized carbons (Fsp3) is 0.455. The molecule has 2 aliphatic carbocycles. The Balaban J connectivity index is 1.10. The Labute approximate surface area is 246 Å². The van der Waals surface area contributed by atoms with E-state index in [4.69, 9.17) is 10.2 Å². The molecule has 41 heavy (non-hydrogen) atoms. The molecule has 2 aromatic heterocycles. The number of hydrogen-bond acceptors (Lipinski definition) is 6. The van der Waals surface area contributed by atoms with Crippen LogP contribution in [0.4, 0.5) is 0 Å². The number of allylic oxidation sites excluding steroid dienone is 3. The molecule has 0 bridgehead atoms. The zero-order valence-electron chi connectivity index (χ0n) is 24.0. The van der Waals surface area contributed by atoms with Crippen LogP contribution < -0.4 is 5.32 Å². The molecule has 0 spiro atoms. The number of Topliss-reactive ketones (excluding diaryl/α,β-unsaturated/α-hetero) is 1. The van der Waals surface area contributed by atoms with Crippen LogP contribution in [0, 0.1) is 6.92 Å². The van der Waals surface area contributed by atoms with Gasteiger partial charge in [-0.05, 0) is 76.2 Å². The number of thiophene rings is 1. The van der Waals surface area contributed by atoms with Crippen molar-refractivity contribution in [2.45, 2.75) is 96.2 Å². The van der Waals surface area contributed by atoms with Gasteiger partial charge in [-0.2, -0.15) is 10.2 Å². The second kappa shape index (κ2) is 12.1. The Morgan fingerprint density at radius 3 is 2.49 bits per heavy atom. The molecule has 1 N–H and O–H groups in total. The number of aromatic nitrogens is 2. The summed E-state index contributed by atoms with van der Waals surface area (Å²) in [5.74, 6) is 0.0536. The van der Waals surface area contributed by atoms with E-state index in [0.717, 1.165) is 57.7 Å². The lowest BCUT2D eigenvalue weighted by Gasteiger charge is -2.34. The first kappa shape index (κ1) is 27.6. The summed E-state index contributed by atoms with van der Waals surface area (Å²) in [7, 11) is 0. The summed E-state index contributed by atoms with van der Waals surface area (Å²) in [4.78, 5) is 27.6. The van der Waals surface area contributed by atoms with E-state index in [2.05, 4.69) is 29.1 Å². The minimum Gasteiger partial charge on any atom is -0.349 e. The van der Waals surface area contributed by atoms with Crippen LogP contribution in [-0.2, 0) is 11.2 Å². The first-order chi connectivity index (χ1) is 20.0. The zero-order chi connectivity index (χ0) is 28.3. The van der Waals surface area contributed by atoms with Gasteiger partial charge in [0, 0.05) is 29.6 Å². The molecular formula is C33H39N5O2S. The maximum Gasteiger partial charge on any atom is 0.261 e. The predicted octanol–water partition coefficient (Wildman–Crippen LogP) is 6.90. The second-order valence-electron chi connectivity index (χ2n) is 11.7. The monoisotopic (exact) mass is 569 g/mol. The maximum atomic E-state index is 13.3. The largest absolute Gasteiger partial charge is 0.349 e. The van der Waals surface area contributed by atoms with Gasteiger partial charge in [0.15, 0.2) is 5.78 Å². The molecule has 3 aliphatic rings. The first-order valence-electron chi connectivity index (χ1n) is 15.1.